The number of hydrogen-bond acceptors (Lipinski definition) is 4. The lowest BCUT2D eigenvalue weighted by atomic mass is 9.98. The Morgan fingerprint density at radius 1 is 1.00 bits per heavy atom. The van der Waals surface area contributed by atoms with Crippen molar-refractivity contribution < 1.29 is 15.0 Å². The molecule has 0 radical (unpaired) electrons. The molecule has 124 valence electrons. The first-order valence-corrected chi connectivity index (χ1v) is 7.99. The summed E-state index contributed by atoms with van der Waals surface area (Å²) in [5, 5.41) is 21.8. The smallest absolute Gasteiger partial charge is 0.141 e. The van der Waals surface area contributed by atoms with Crippen molar-refractivity contribution in [2.45, 2.75) is 32.5 Å². The number of ketones is 1. The molecule has 0 bridgehead atoms. The van der Waals surface area contributed by atoms with Gasteiger partial charge in [-0.3, -0.25) is 4.79 Å². The number of Topliss-reactive ketones (excluding diaryl/α,β-unsaturated/α-hetero) is 1. The van der Waals surface area contributed by atoms with Gasteiger partial charge in [0.15, 0.2) is 0 Å². The molecule has 2 aromatic carbocycles. The Labute approximate surface area is 141 Å². The monoisotopic (exact) mass is 323 g/mol. The van der Waals surface area contributed by atoms with Gasteiger partial charge in [-0.25, -0.2) is 0 Å². The fourth-order valence-electron chi connectivity index (χ4n) is 3.10. The summed E-state index contributed by atoms with van der Waals surface area (Å²) >= 11 is 0. The number of aliphatic hydroxyl groups excluding tert-OH is 2. The molecule has 24 heavy (non-hydrogen) atoms. The van der Waals surface area contributed by atoms with Crippen molar-refractivity contribution in [2.24, 2.45) is 0 Å². The molecule has 3 rings (SSSR count). The van der Waals surface area contributed by atoms with Crippen LogP contribution in [0.15, 0.2) is 48.7 Å². The molecule has 1 aliphatic heterocycles. The predicted octanol–water partition coefficient (Wildman–Crippen LogP) is 2.51. The van der Waals surface area contributed by atoms with E-state index in [-0.39, 0.29) is 19.0 Å². The van der Waals surface area contributed by atoms with E-state index in [0.717, 1.165) is 28.9 Å². The molecule has 0 aliphatic carbocycles. The summed E-state index contributed by atoms with van der Waals surface area (Å²) < 4.78 is 0. The topological polar surface area (TPSA) is 69.6 Å². The molecule has 0 unspecified atom stereocenters. The molecule has 3 N–H and O–H groups in total. The zero-order valence-corrected chi connectivity index (χ0v) is 13.5. The molecule has 0 saturated heterocycles. The van der Waals surface area contributed by atoms with E-state index >= 15 is 0 Å². The lowest BCUT2D eigenvalue weighted by Crippen LogP contribution is -2.08. The zero-order valence-electron chi connectivity index (χ0n) is 13.5. The number of rotatable bonds is 6. The molecule has 0 spiro atoms. The minimum Gasteiger partial charge on any atom is -0.392 e. The summed E-state index contributed by atoms with van der Waals surface area (Å²) in [6.45, 7) is 3.68. The number of carbonyl (C=O) groups is 1. The first kappa shape index (κ1) is 16.4. The second-order valence-corrected chi connectivity index (χ2v) is 6.21. The Morgan fingerprint density at radius 2 is 1.67 bits per heavy atom. The second-order valence-electron chi connectivity index (χ2n) is 6.21. The zero-order chi connectivity index (χ0) is 17.1. The minimum atomic E-state index is -0.139. The van der Waals surface area contributed by atoms with E-state index in [1.807, 2.05) is 18.2 Å². The van der Waals surface area contributed by atoms with Crippen LogP contribution in [0.4, 0.5) is 5.69 Å². The van der Waals surface area contributed by atoms with E-state index in [1.165, 1.54) is 5.56 Å². The standard InChI is InChI=1S/C20H21NO3/c1-13-6-17-7-15(3-5-20(17)21-13)10-19(24)9-14-2-4-16(11-22)18(8-14)12-23/h2-5,7-8,21-23H,1,6,9-12H2. The number of aliphatic hydroxyl groups is 2. The number of fused-ring (bicyclic) bond motifs is 1. The van der Waals surface area contributed by atoms with Crippen LogP contribution in [0, 0.1) is 0 Å². The van der Waals surface area contributed by atoms with Crippen LogP contribution in [-0.2, 0) is 37.3 Å². The van der Waals surface area contributed by atoms with Crippen LogP contribution in [-0.4, -0.2) is 16.0 Å². The van der Waals surface area contributed by atoms with Crippen LogP contribution in [0.3, 0.4) is 0 Å². The van der Waals surface area contributed by atoms with Gasteiger partial charge in [0, 0.05) is 30.6 Å². The molecule has 1 heterocycles. The van der Waals surface area contributed by atoms with Crippen LogP contribution in [0.5, 0.6) is 0 Å². The number of hydrogen-bond donors (Lipinski definition) is 3. The number of allylic oxidation sites excluding steroid dienone is 1. The van der Waals surface area contributed by atoms with Crippen LogP contribution < -0.4 is 5.32 Å². The van der Waals surface area contributed by atoms with Crippen molar-refractivity contribution in [2.75, 3.05) is 5.32 Å². The third-order valence-electron chi connectivity index (χ3n) is 4.30. The molecule has 0 saturated carbocycles. The Hall–Kier alpha value is -2.43. The maximum Gasteiger partial charge on any atom is 0.141 e. The summed E-state index contributed by atoms with van der Waals surface area (Å²) in [6.07, 6.45) is 1.51. The number of carbonyl (C=O) groups excluding carboxylic acids is 1. The van der Waals surface area contributed by atoms with Gasteiger partial charge in [0.05, 0.1) is 13.2 Å². The Balaban J connectivity index is 1.68. The SMILES string of the molecule is C=C1Cc2cc(CC(=O)Cc3ccc(CO)c(CO)c3)ccc2N1. The van der Waals surface area contributed by atoms with Gasteiger partial charge in [-0.15, -0.1) is 0 Å². The lowest BCUT2D eigenvalue weighted by Gasteiger charge is -2.08. The number of benzene rings is 2. The molecule has 0 atom stereocenters. The van der Waals surface area contributed by atoms with Gasteiger partial charge in [0.2, 0.25) is 0 Å². The third-order valence-corrected chi connectivity index (χ3v) is 4.30. The van der Waals surface area contributed by atoms with Crippen molar-refractivity contribution in [3.8, 4) is 0 Å². The highest BCUT2D eigenvalue weighted by molar-refractivity contribution is 5.83. The minimum absolute atomic E-state index is 0.113. The molecular weight excluding hydrogens is 302 g/mol. The van der Waals surface area contributed by atoms with E-state index < -0.39 is 0 Å². The van der Waals surface area contributed by atoms with Crippen molar-refractivity contribution in [1.82, 2.24) is 0 Å². The van der Waals surface area contributed by atoms with Gasteiger partial charge >= 0.3 is 0 Å². The average molecular weight is 323 g/mol. The highest BCUT2D eigenvalue weighted by Crippen LogP contribution is 2.28. The highest BCUT2D eigenvalue weighted by atomic mass is 16.3. The van der Waals surface area contributed by atoms with E-state index in [0.29, 0.717) is 24.0 Å². The van der Waals surface area contributed by atoms with Crippen LogP contribution >= 0.6 is 0 Å². The van der Waals surface area contributed by atoms with Gasteiger partial charge in [-0.1, -0.05) is 36.9 Å². The third kappa shape index (κ3) is 3.55. The highest BCUT2D eigenvalue weighted by Gasteiger charge is 2.14. The summed E-state index contributed by atoms with van der Waals surface area (Å²) in [4.78, 5) is 12.4. The van der Waals surface area contributed by atoms with Crippen molar-refractivity contribution in [3.05, 3.63) is 76.5 Å². The molecule has 1 aliphatic rings. The first-order chi connectivity index (χ1) is 11.6. The van der Waals surface area contributed by atoms with Gasteiger partial charge in [0.1, 0.15) is 5.78 Å². The summed E-state index contributed by atoms with van der Waals surface area (Å²) in [7, 11) is 0. The maximum absolute atomic E-state index is 12.4. The van der Waals surface area contributed by atoms with Crippen molar-refractivity contribution in [1.29, 1.82) is 0 Å². The quantitative estimate of drug-likeness (QED) is 0.764. The van der Waals surface area contributed by atoms with Crippen LogP contribution in [0.25, 0.3) is 0 Å². The van der Waals surface area contributed by atoms with Crippen LogP contribution in [0.1, 0.15) is 27.8 Å². The molecule has 2 aromatic rings. The van der Waals surface area contributed by atoms with E-state index in [1.54, 1.807) is 12.1 Å². The molecule has 0 fully saturated rings. The number of anilines is 1. The number of nitrogens with one attached hydrogen (secondary N) is 1. The fourth-order valence-corrected chi connectivity index (χ4v) is 3.10. The molecule has 4 heteroatoms. The summed E-state index contributed by atoms with van der Waals surface area (Å²) in [6, 6.07) is 11.4. The van der Waals surface area contributed by atoms with Gasteiger partial charge in [-0.05, 0) is 33.9 Å². The largest absolute Gasteiger partial charge is 0.392 e. The average Bonchev–Trinajstić information content (AvgIpc) is 2.93. The van der Waals surface area contributed by atoms with Gasteiger partial charge in [-0.2, -0.15) is 0 Å². The van der Waals surface area contributed by atoms with Gasteiger partial charge in [0.25, 0.3) is 0 Å². The van der Waals surface area contributed by atoms with E-state index in [9.17, 15) is 15.0 Å². The summed E-state index contributed by atoms with van der Waals surface area (Å²) in [5.41, 5.74) is 6.46. The first-order valence-electron chi connectivity index (χ1n) is 7.99. The molecule has 0 aromatic heterocycles. The summed E-state index contributed by atoms with van der Waals surface area (Å²) in [5.74, 6) is 0.125. The normalized spacial score (nSPS) is 12.8. The van der Waals surface area contributed by atoms with E-state index in [2.05, 4.69) is 18.0 Å². The predicted molar refractivity (Wildman–Crippen MR) is 93.6 cm³/mol. The van der Waals surface area contributed by atoms with Crippen LogP contribution in [0.2, 0.25) is 0 Å². The maximum atomic E-state index is 12.4. The van der Waals surface area contributed by atoms with E-state index in [4.69, 9.17) is 0 Å². The lowest BCUT2D eigenvalue weighted by molar-refractivity contribution is -0.117. The fraction of sp³-hybridized carbons (Fsp3) is 0.250. The second kappa shape index (κ2) is 6.99. The Morgan fingerprint density at radius 3 is 2.38 bits per heavy atom. The van der Waals surface area contributed by atoms with Crippen molar-refractivity contribution >= 4 is 11.5 Å². The van der Waals surface area contributed by atoms with Gasteiger partial charge < -0.3 is 15.5 Å². The molecule has 4 nitrogen and oxygen atoms in total. The molecule has 0 amide bonds. The Bertz CT molecular complexity index is 795. The van der Waals surface area contributed by atoms with Crippen molar-refractivity contribution in [3.63, 3.8) is 0 Å². The molecular formula is C20H21NO3. The Kier molecular flexibility index (Phi) is 4.79.